The van der Waals surface area contributed by atoms with E-state index in [1.54, 1.807) is 7.11 Å². The average Bonchev–Trinajstić information content (AvgIpc) is 2.66. The number of aromatic nitrogens is 1. The van der Waals surface area contributed by atoms with Gasteiger partial charge in [-0.3, -0.25) is 0 Å². The number of halogens is 1. The lowest BCUT2D eigenvalue weighted by atomic mass is 9.92. The third-order valence-corrected chi connectivity index (χ3v) is 3.43. The molecule has 92 valence electrons. The number of methoxy groups -OCH3 is 1. The molecule has 0 radical (unpaired) electrons. The van der Waals surface area contributed by atoms with E-state index in [1.807, 2.05) is 6.07 Å². The van der Waals surface area contributed by atoms with Crippen LogP contribution in [0.1, 0.15) is 17.7 Å². The van der Waals surface area contributed by atoms with Crippen molar-refractivity contribution in [3.8, 4) is 5.75 Å². The van der Waals surface area contributed by atoms with E-state index in [-0.39, 0.29) is 12.4 Å². The maximum Gasteiger partial charge on any atom is 0.119 e. The lowest BCUT2D eigenvalue weighted by Gasteiger charge is -2.18. The third kappa shape index (κ3) is 2.01. The van der Waals surface area contributed by atoms with E-state index in [0.717, 1.165) is 25.0 Å². The topological polar surface area (TPSA) is 51.0 Å². The number of hydrogen-bond acceptors (Lipinski definition) is 2. The van der Waals surface area contributed by atoms with Crippen molar-refractivity contribution < 1.29 is 4.74 Å². The Hall–Kier alpha value is -1.19. The van der Waals surface area contributed by atoms with E-state index in [4.69, 9.17) is 10.5 Å². The molecule has 4 heteroatoms. The molecule has 0 saturated heterocycles. The molecule has 3 rings (SSSR count). The number of aryl methyl sites for hydroxylation is 1. The second-order valence-electron chi connectivity index (χ2n) is 4.50. The van der Waals surface area contributed by atoms with E-state index < -0.39 is 0 Å². The molecule has 1 aliphatic carbocycles. The van der Waals surface area contributed by atoms with Crippen LogP contribution >= 0.6 is 12.4 Å². The summed E-state index contributed by atoms with van der Waals surface area (Å²) in [6.45, 7) is 0. The van der Waals surface area contributed by atoms with Crippen molar-refractivity contribution >= 4 is 23.3 Å². The fourth-order valence-corrected chi connectivity index (χ4v) is 2.55. The minimum absolute atomic E-state index is 0. The van der Waals surface area contributed by atoms with Crippen LogP contribution in [0.4, 0.5) is 0 Å². The van der Waals surface area contributed by atoms with Gasteiger partial charge < -0.3 is 15.5 Å². The van der Waals surface area contributed by atoms with Crippen molar-refractivity contribution in [3.63, 3.8) is 0 Å². The van der Waals surface area contributed by atoms with E-state index in [2.05, 4.69) is 17.1 Å². The zero-order valence-corrected chi connectivity index (χ0v) is 10.6. The van der Waals surface area contributed by atoms with Gasteiger partial charge in [0, 0.05) is 22.6 Å². The molecule has 0 aliphatic heterocycles. The van der Waals surface area contributed by atoms with Gasteiger partial charge in [0.2, 0.25) is 0 Å². The molecular formula is C13H17ClN2O. The maximum absolute atomic E-state index is 6.03. The molecule has 1 atom stereocenters. The van der Waals surface area contributed by atoms with Gasteiger partial charge in [0.05, 0.1) is 7.11 Å². The van der Waals surface area contributed by atoms with E-state index in [9.17, 15) is 0 Å². The van der Waals surface area contributed by atoms with Crippen molar-refractivity contribution in [2.75, 3.05) is 7.11 Å². The highest BCUT2D eigenvalue weighted by atomic mass is 35.5. The van der Waals surface area contributed by atoms with Gasteiger partial charge in [-0.1, -0.05) is 0 Å². The zero-order chi connectivity index (χ0) is 11.1. The second-order valence-corrected chi connectivity index (χ2v) is 4.50. The Morgan fingerprint density at radius 1 is 1.41 bits per heavy atom. The smallest absolute Gasteiger partial charge is 0.119 e. The van der Waals surface area contributed by atoms with Crippen LogP contribution in [0.3, 0.4) is 0 Å². The first-order valence-electron chi connectivity index (χ1n) is 5.71. The summed E-state index contributed by atoms with van der Waals surface area (Å²) in [5.41, 5.74) is 9.95. The second kappa shape index (κ2) is 4.59. The summed E-state index contributed by atoms with van der Waals surface area (Å²) in [4.78, 5) is 3.48. The highest BCUT2D eigenvalue weighted by Gasteiger charge is 2.20. The van der Waals surface area contributed by atoms with Gasteiger partial charge in [-0.05, 0) is 43.0 Å². The number of ether oxygens (including phenoxy) is 1. The molecule has 1 heterocycles. The summed E-state index contributed by atoms with van der Waals surface area (Å²) in [5.74, 6) is 0.911. The average molecular weight is 253 g/mol. The summed E-state index contributed by atoms with van der Waals surface area (Å²) in [6, 6.07) is 6.47. The molecule has 2 aromatic rings. The van der Waals surface area contributed by atoms with Crippen LogP contribution in [-0.4, -0.2) is 18.1 Å². The van der Waals surface area contributed by atoms with Crippen LogP contribution in [0.25, 0.3) is 10.9 Å². The lowest BCUT2D eigenvalue weighted by molar-refractivity contribution is 0.415. The monoisotopic (exact) mass is 252 g/mol. The lowest BCUT2D eigenvalue weighted by Crippen LogP contribution is -2.27. The molecule has 17 heavy (non-hydrogen) atoms. The van der Waals surface area contributed by atoms with Gasteiger partial charge in [0.25, 0.3) is 0 Å². The highest BCUT2D eigenvalue weighted by molar-refractivity contribution is 5.86. The van der Waals surface area contributed by atoms with Crippen molar-refractivity contribution in [2.24, 2.45) is 5.73 Å². The number of benzene rings is 1. The van der Waals surface area contributed by atoms with Crippen LogP contribution in [0.15, 0.2) is 18.2 Å². The van der Waals surface area contributed by atoms with Crippen LogP contribution in [0.5, 0.6) is 5.75 Å². The number of fused-ring (bicyclic) bond motifs is 3. The van der Waals surface area contributed by atoms with Crippen LogP contribution < -0.4 is 10.5 Å². The third-order valence-electron chi connectivity index (χ3n) is 3.43. The van der Waals surface area contributed by atoms with Gasteiger partial charge in [0.1, 0.15) is 5.75 Å². The highest BCUT2D eigenvalue weighted by Crippen LogP contribution is 2.30. The largest absolute Gasteiger partial charge is 0.497 e. The van der Waals surface area contributed by atoms with Gasteiger partial charge in [0.15, 0.2) is 0 Å². The van der Waals surface area contributed by atoms with Crippen LogP contribution in [0, 0.1) is 0 Å². The molecular weight excluding hydrogens is 236 g/mol. The van der Waals surface area contributed by atoms with Crippen molar-refractivity contribution in [3.05, 3.63) is 29.5 Å². The van der Waals surface area contributed by atoms with Gasteiger partial charge >= 0.3 is 0 Å². The van der Waals surface area contributed by atoms with E-state index >= 15 is 0 Å². The molecule has 0 fully saturated rings. The Labute approximate surface area is 107 Å². The summed E-state index contributed by atoms with van der Waals surface area (Å²) < 4.78 is 5.26. The number of nitrogens with one attached hydrogen (secondary N) is 1. The molecule has 1 aromatic carbocycles. The Morgan fingerprint density at radius 2 is 2.24 bits per heavy atom. The Kier molecular flexibility index (Phi) is 3.31. The summed E-state index contributed by atoms with van der Waals surface area (Å²) in [6.07, 6.45) is 3.12. The normalized spacial score (nSPS) is 18.6. The first-order chi connectivity index (χ1) is 7.78. The standard InChI is InChI=1S/C13H16N2O.ClH/c1-16-9-3-5-13-11(7-9)10-6-8(14)2-4-12(10)15-13;/h3,5,7-8,15H,2,4,6,14H2,1H3;1H. The number of rotatable bonds is 1. The Balaban J connectivity index is 0.00000108. The molecule has 3 nitrogen and oxygen atoms in total. The quantitative estimate of drug-likeness (QED) is 0.819. The fourth-order valence-electron chi connectivity index (χ4n) is 2.55. The van der Waals surface area contributed by atoms with Crippen molar-refractivity contribution in [1.82, 2.24) is 4.98 Å². The molecule has 3 N–H and O–H groups in total. The molecule has 1 aromatic heterocycles. The Morgan fingerprint density at radius 3 is 3.00 bits per heavy atom. The van der Waals surface area contributed by atoms with Gasteiger partial charge in [-0.2, -0.15) is 0 Å². The predicted octanol–water partition coefficient (Wildman–Crippen LogP) is 2.41. The minimum atomic E-state index is 0. The first-order valence-corrected chi connectivity index (χ1v) is 5.71. The first kappa shape index (κ1) is 12.3. The molecule has 1 aliphatic rings. The van der Waals surface area contributed by atoms with Gasteiger partial charge in [-0.25, -0.2) is 0 Å². The van der Waals surface area contributed by atoms with Gasteiger partial charge in [-0.15, -0.1) is 12.4 Å². The number of nitrogens with two attached hydrogens (primary N) is 1. The SMILES string of the molecule is COc1ccc2[nH]c3c(c2c1)CC(N)CC3.Cl. The maximum atomic E-state index is 6.03. The fraction of sp³-hybridized carbons (Fsp3) is 0.385. The number of hydrogen-bond donors (Lipinski definition) is 2. The molecule has 0 bridgehead atoms. The van der Waals surface area contributed by atoms with Crippen molar-refractivity contribution in [2.45, 2.75) is 25.3 Å². The molecule has 0 spiro atoms. The van der Waals surface area contributed by atoms with Crippen LogP contribution in [0.2, 0.25) is 0 Å². The van der Waals surface area contributed by atoms with Crippen LogP contribution in [-0.2, 0) is 12.8 Å². The predicted molar refractivity (Wildman–Crippen MR) is 72.1 cm³/mol. The number of H-pyrrole nitrogens is 1. The molecule has 0 saturated carbocycles. The summed E-state index contributed by atoms with van der Waals surface area (Å²) >= 11 is 0. The summed E-state index contributed by atoms with van der Waals surface area (Å²) in [7, 11) is 1.70. The molecule has 0 amide bonds. The Bertz CT molecular complexity index is 535. The van der Waals surface area contributed by atoms with Crippen molar-refractivity contribution in [1.29, 1.82) is 0 Å². The summed E-state index contributed by atoms with van der Waals surface area (Å²) in [5, 5.41) is 1.27. The minimum Gasteiger partial charge on any atom is -0.497 e. The van der Waals surface area contributed by atoms with E-state index in [1.165, 1.54) is 22.2 Å². The number of aromatic amines is 1. The zero-order valence-electron chi connectivity index (χ0n) is 9.82. The molecule has 1 unspecified atom stereocenters. The van der Waals surface area contributed by atoms with E-state index in [0.29, 0.717) is 6.04 Å².